The molecule has 0 N–H and O–H groups in total. The molecule has 1 aliphatic rings. The Hall–Kier alpha value is -6.65. The van der Waals surface area contributed by atoms with E-state index < -0.39 is 0 Å². The minimum Gasteiger partial charge on any atom is -0.309 e. The number of hydrogen-bond donors (Lipinski definition) is 0. The summed E-state index contributed by atoms with van der Waals surface area (Å²) < 4.78 is 2.34. The average Bonchev–Trinajstić information content (AvgIpc) is 3.60. The lowest BCUT2D eigenvalue weighted by Gasteiger charge is -2.42. The van der Waals surface area contributed by atoms with Crippen LogP contribution in [0.25, 0.3) is 83.9 Å². The van der Waals surface area contributed by atoms with Crippen molar-refractivity contribution >= 4 is 21.8 Å². The van der Waals surface area contributed by atoms with Crippen molar-refractivity contribution in [3.05, 3.63) is 181 Å². The zero-order valence-electron chi connectivity index (χ0n) is 32.9. The smallest absolute Gasteiger partial charge is 0.164 e. The first-order valence-electron chi connectivity index (χ1n) is 20.0. The van der Waals surface area contributed by atoms with E-state index in [1.165, 1.54) is 56.0 Å². The van der Waals surface area contributed by atoms with Crippen LogP contribution in [0, 0.1) is 0 Å². The molecule has 0 atom stereocenters. The molecule has 2 heterocycles. The van der Waals surface area contributed by atoms with Gasteiger partial charge in [0.1, 0.15) is 0 Å². The Bertz CT molecular complexity index is 2900. The summed E-state index contributed by atoms with van der Waals surface area (Å²) in [6.07, 6.45) is 2.31. The Kier molecular flexibility index (Phi) is 8.26. The number of aromatic nitrogens is 4. The molecule has 9 aromatic rings. The molecule has 0 unspecified atom stereocenters. The van der Waals surface area contributed by atoms with Gasteiger partial charge < -0.3 is 4.57 Å². The summed E-state index contributed by atoms with van der Waals surface area (Å²) in [6, 6.07) is 60.6. The van der Waals surface area contributed by atoms with Crippen LogP contribution in [0.4, 0.5) is 0 Å². The van der Waals surface area contributed by atoms with Gasteiger partial charge in [-0.3, -0.25) is 0 Å². The van der Waals surface area contributed by atoms with Crippen molar-refractivity contribution in [3.8, 4) is 62.1 Å². The van der Waals surface area contributed by atoms with E-state index in [1.54, 1.807) is 0 Å². The minimum atomic E-state index is 0.0594. The number of rotatable bonds is 6. The molecular formula is C53H44N4. The first-order valence-corrected chi connectivity index (χ1v) is 20.0. The number of benzene rings is 7. The Morgan fingerprint density at radius 2 is 0.825 bits per heavy atom. The fourth-order valence-corrected chi connectivity index (χ4v) is 8.80. The summed E-state index contributed by atoms with van der Waals surface area (Å²) in [5, 5.41) is 2.47. The predicted octanol–water partition coefficient (Wildman–Crippen LogP) is 13.7. The molecule has 4 nitrogen and oxygen atoms in total. The van der Waals surface area contributed by atoms with Crippen molar-refractivity contribution in [3.63, 3.8) is 0 Å². The van der Waals surface area contributed by atoms with Gasteiger partial charge in [-0.1, -0.05) is 161 Å². The molecule has 0 fully saturated rings. The first kappa shape index (κ1) is 34.8. The summed E-state index contributed by atoms with van der Waals surface area (Å²) in [7, 11) is 0. The van der Waals surface area contributed by atoms with Gasteiger partial charge in [-0.2, -0.15) is 0 Å². The van der Waals surface area contributed by atoms with Gasteiger partial charge in [0.2, 0.25) is 0 Å². The molecule has 0 saturated heterocycles. The Morgan fingerprint density at radius 1 is 0.368 bits per heavy atom. The van der Waals surface area contributed by atoms with Crippen LogP contribution in [-0.4, -0.2) is 19.5 Å². The van der Waals surface area contributed by atoms with Gasteiger partial charge in [-0.15, -0.1) is 0 Å². The molecule has 0 aliphatic heterocycles. The molecule has 0 saturated carbocycles. The van der Waals surface area contributed by atoms with E-state index >= 15 is 0 Å². The lowest BCUT2D eigenvalue weighted by molar-refractivity contribution is 0.332. The van der Waals surface area contributed by atoms with E-state index in [0.717, 1.165) is 34.4 Å². The maximum Gasteiger partial charge on any atom is 0.164 e. The SMILES string of the molecule is CC1(C)CCC(C)(C)c2cc(-c3nc(-c4ccc(-c5cccc(-c6ccccc6)c5)cc4)nc(-c4cccc(-n5c6ccccc6c6ccccc65)c4)n3)ccc21. The topological polar surface area (TPSA) is 43.6 Å². The third kappa shape index (κ3) is 6.22. The van der Waals surface area contributed by atoms with Gasteiger partial charge in [-0.05, 0) is 93.5 Å². The van der Waals surface area contributed by atoms with E-state index in [0.29, 0.717) is 17.5 Å². The van der Waals surface area contributed by atoms with Crippen LogP contribution in [0.15, 0.2) is 170 Å². The zero-order chi connectivity index (χ0) is 38.7. The molecule has 57 heavy (non-hydrogen) atoms. The summed E-state index contributed by atoms with van der Waals surface area (Å²) in [4.78, 5) is 15.7. The molecular weight excluding hydrogens is 693 g/mol. The van der Waals surface area contributed by atoms with Gasteiger partial charge >= 0.3 is 0 Å². The van der Waals surface area contributed by atoms with Crippen LogP contribution >= 0.6 is 0 Å². The number of fused-ring (bicyclic) bond motifs is 4. The van der Waals surface area contributed by atoms with E-state index in [-0.39, 0.29) is 10.8 Å². The molecule has 10 rings (SSSR count). The summed E-state index contributed by atoms with van der Waals surface area (Å²) >= 11 is 0. The van der Waals surface area contributed by atoms with Crippen LogP contribution in [0.1, 0.15) is 51.7 Å². The van der Waals surface area contributed by atoms with E-state index in [1.807, 2.05) is 0 Å². The predicted molar refractivity (Wildman–Crippen MR) is 237 cm³/mol. The standard InChI is InChI=1S/C53H44N4/c1-52(2)30-31-53(3,4)46-34-41(28-29-45(46)52)51-55-49(37-26-24-36(25-27-37)39-17-12-16-38(32-39)35-14-6-5-7-15-35)54-50(56-51)40-18-13-19-42(33-40)57-47-22-10-8-20-43(47)44-21-9-11-23-48(44)57/h5-29,32-34H,30-31H2,1-4H3. The maximum absolute atomic E-state index is 5.25. The first-order chi connectivity index (χ1) is 27.7. The van der Waals surface area contributed by atoms with Gasteiger partial charge in [-0.25, -0.2) is 15.0 Å². The van der Waals surface area contributed by atoms with Gasteiger partial charge in [0.25, 0.3) is 0 Å². The van der Waals surface area contributed by atoms with E-state index in [4.69, 9.17) is 15.0 Å². The lowest BCUT2D eigenvalue weighted by atomic mass is 9.63. The minimum absolute atomic E-state index is 0.0594. The fraction of sp³-hybridized carbons (Fsp3) is 0.151. The summed E-state index contributed by atoms with van der Waals surface area (Å²) in [5.74, 6) is 1.98. The van der Waals surface area contributed by atoms with Gasteiger partial charge in [0.05, 0.1) is 11.0 Å². The molecule has 0 bridgehead atoms. The second-order valence-electron chi connectivity index (χ2n) is 16.8. The highest BCUT2D eigenvalue weighted by atomic mass is 15.0. The van der Waals surface area contributed by atoms with Gasteiger partial charge in [0, 0.05) is 33.2 Å². The third-order valence-corrected chi connectivity index (χ3v) is 12.1. The van der Waals surface area contributed by atoms with Crippen LogP contribution in [-0.2, 0) is 10.8 Å². The summed E-state index contributed by atoms with van der Waals surface area (Å²) in [6.45, 7) is 9.47. The third-order valence-electron chi connectivity index (χ3n) is 12.1. The molecule has 276 valence electrons. The monoisotopic (exact) mass is 736 g/mol. The largest absolute Gasteiger partial charge is 0.309 e. The Morgan fingerprint density at radius 3 is 1.47 bits per heavy atom. The normalized spacial score (nSPS) is 14.5. The van der Waals surface area contributed by atoms with Crippen molar-refractivity contribution in [1.29, 1.82) is 0 Å². The van der Waals surface area contributed by atoms with Crippen LogP contribution < -0.4 is 0 Å². The van der Waals surface area contributed by atoms with Crippen LogP contribution in [0.5, 0.6) is 0 Å². The highest BCUT2D eigenvalue weighted by molar-refractivity contribution is 6.09. The van der Waals surface area contributed by atoms with E-state index in [9.17, 15) is 0 Å². The Balaban J connectivity index is 1.11. The van der Waals surface area contributed by atoms with Crippen molar-refractivity contribution < 1.29 is 0 Å². The van der Waals surface area contributed by atoms with Crippen molar-refractivity contribution in [2.24, 2.45) is 0 Å². The van der Waals surface area contributed by atoms with Crippen LogP contribution in [0.3, 0.4) is 0 Å². The molecule has 1 aliphatic carbocycles. The number of nitrogens with zero attached hydrogens (tertiary/aromatic N) is 4. The maximum atomic E-state index is 5.25. The second-order valence-corrected chi connectivity index (χ2v) is 16.8. The highest BCUT2D eigenvalue weighted by Gasteiger charge is 2.37. The van der Waals surface area contributed by atoms with Crippen molar-refractivity contribution in [2.75, 3.05) is 0 Å². The number of hydrogen-bond acceptors (Lipinski definition) is 3. The highest BCUT2D eigenvalue weighted by Crippen LogP contribution is 2.47. The second kappa shape index (κ2) is 13.5. The number of para-hydroxylation sites is 2. The average molecular weight is 737 g/mol. The molecule has 2 aromatic heterocycles. The van der Waals surface area contributed by atoms with Crippen LogP contribution in [0.2, 0.25) is 0 Å². The fourth-order valence-electron chi connectivity index (χ4n) is 8.80. The lowest BCUT2D eigenvalue weighted by Crippen LogP contribution is -2.33. The molecule has 0 spiro atoms. The molecule has 0 radical (unpaired) electrons. The molecule has 7 aromatic carbocycles. The van der Waals surface area contributed by atoms with E-state index in [2.05, 4.69) is 202 Å². The Labute approximate surface area is 334 Å². The zero-order valence-corrected chi connectivity index (χ0v) is 32.9. The van der Waals surface area contributed by atoms with Crippen molar-refractivity contribution in [2.45, 2.75) is 51.4 Å². The molecule has 4 heteroatoms. The summed E-state index contributed by atoms with van der Waals surface area (Å²) in [5.41, 5.74) is 14.0. The molecule has 0 amide bonds. The quantitative estimate of drug-likeness (QED) is 0.171. The van der Waals surface area contributed by atoms with Crippen molar-refractivity contribution in [1.82, 2.24) is 19.5 Å². The van der Waals surface area contributed by atoms with Gasteiger partial charge in [0.15, 0.2) is 17.5 Å².